The van der Waals surface area contributed by atoms with E-state index in [9.17, 15) is 9.50 Å². The number of fused-ring (bicyclic) bond motifs is 2. The SMILES string of the molecule is Cc1ccc(-c2ccc(-c3ccc(O[C@@H]4CC5CCCC(N5)[C@@H]4F)nn3)c(O)c2)o1. The normalized spacial score (nSPS) is 25.8. The number of phenols is 1. The van der Waals surface area contributed by atoms with Gasteiger partial charge in [-0.25, -0.2) is 4.39 Å². The lowest BCUT2D eigenvalue weighted by Crippen LogP contribution is -2.59. The summed E-state index contributed by atoms with van der Waals surface area (Å²) in [6, 6.07) is 12.6. The van der Waals surface area contributed by atoms with Gasteiger partial charge < -0.3 is 19.6 Å². The highest BCUT2D eigenvalue weighted by molar-refractivity contribution is 5.72. The molecule has 0 saturated carbocycles. The van der Waals surface area contributed by atoms with Gasteiger partial charge in [0.1, 0.15) is 23.4 Å². The lowest BCUT2D eigenvalue weighted by Gasteiger charge is -2.42. The minimum atomic E-state index is -1.05. The molecule has 2 aliphatic rings. The number of halogens is 1. The van der Waals surface area contributed by atoms with Crippen LogP contribution in [0.4, 0.5) is 4.39 Å². The number of ether oxygens (including phenoxy) is 1. The number of alkyl halides is 1. The quantitative estimate of drug-likeness (QED) is 0.664. The Kier molecular flexibility index (Phi) is 4.90. The van der Waals surface area contributed by atoms with Gasteiger partial charge >= 0.3 is 0 Å². The summed E-state index contributed by atoms with van der Waals surface area (Å²) in [5.41, 5.74) is 1.85. The molecule has 4 atom stereocenters. The van der Waals surface area contributed by atoms with E-state index < -0.39 is 12.3 Å². The van der Waals surface area contributed by atoms with Gasteiger partial charge in [-0.2, -0.15) is 0 Å². The number of phenolic OH excluding ortho intramolecular Hbond substituents is 1. The topological polar surface area (TPSA) is 80.4 Å². The van der Waals surface area contributed by atoms with Crippen LogP contribution in [0, 0.1) is 6.92 Å². The minimum Gasteiger partial charge on any atom is -0.507 e. The van der Waals surface area contributed by atoms with Crippen molar-refractivity contribution in [3.05, 3.63) is 48.2 Å². The summed E-state index contributed by atoms with van der Waals surface area (Å²) in [5.74, 6) is 1.88. The lowest BCUT2D eigenvalue weighted by molar-refractivity contribution is 0.00652. The van der Waals surface area contributed by atoms with Crippen molar-refractivity contribution in [3.63, 3.8) is 0 Å². The molecule has 0 spiro atoms. The Hall–Kier alpha value is -2.93. The molecule has 3 aromatic rings. The molecule has 6 nitrogen and oxygen atoms in total. The van der Waals surface area contributed by atoms with Crippen LogP contribution in [0.25, 0.3) is 22.6 Å². The third-order valence-electron chi connectivity index (χ3n) is 5.98. The summed E-state index contributed by atoms with van der Waals surface area (Å²) >= 11 is 0. The monoisotopic (exact) mass is 409 g/mol. The summed E-state index contributed by atoms with van der Waals surface area (Å²) in [4.78, 5) is 0. The van der Waals surface area contributed by atoms with Crippen LogP contribution in [-0.4, -0.2) is 39.7 Å². The van der Waals surface area contributed by atoms with Crippen LogP contribution in [0.3, 0.4) is 0 Å². The van der Waals surface area contributed by atoms with Gasteiger partial charge in [0.05, 0.1) is 5.69 Å². The molecule has 2 unspecified atom stereocenters. The van der Waals surface area contributed by atoms with E-state index >= 15 is 0 Å². The number of aromatic hydroxyl groups is 1. The molecule has 0 aliphatic carbocycles. The second-order valence-electron chi connectivity index (χ2n) is 8.14. The summed E-state index contributed by atoms with van der Waals surface area (Å²) in [6.45, 7) is 1.87. The van der Waals surface area contributed by atoms with E-state index in [2.05, 4.69) is 15.5 Å². The maximum atomic E-state index is 14.7. The standard InChI is InChI=1S/C23H24FN3O3/c1-13-5-9-20(29-13)14-6-7-16(19(28)11-14)17-8-10-22(27-26-17)30-21-12-15-3-2-4-18(25-15)23(21)24/h5-11,15,18,21,23,25,28H,2-4,12H2,1H3/t15?,18?,21-,23+/m1/s1. The summed E-state index contributed by atoms with van der Waals surface area (Å²) in [5, 5.41) is 22.1. The number of piperidine rings is 2. The van der Waals surface area contributed by atoms with E-state index in [1.165, 1.54) is 0 Å². The molecule has 2 aliphatic heterocycles. The molecule has 156 valence electrons. The van der Waals surface area contributed by atoms with Gasteiger partial charge in [0.25, 0.3) is 0 Å². The van der Waals surface area contributed by atoms with Gasteiger partial charge in [-0.05, 0) is 50.1 Å². The van der Waals surface area contributed by atoms with Crippen LogP contribution in [0.5, 0.6) is 11.6 Å². The van der Waals surface area contributed by atoms with Gasteiger partial charge in [0.2, 0.25) is 5.88 Å². The Bertz CT molecular complexity index is 1040. The first-order chi connectivity index (χ1) is 14.6. The van der Waals surface area contributed by atoms with E-state index in [0.717, 1.165) is 30.6 Å². The number of hydrogen-bond acceptors (Lipinski definition) is 6. The van der Waals surface area contributed by atoms with Crippen molar-refractivity contribution < 1.29 is 18.7 Å². The first kappa shape index (κ1) is 19.1. The highest BCUT2D eigenvalue weighted by Gasteiger charge is 2.41. The Morgan fingerprint density at radius 2 is 2.03 bits per heavy atom. The highest BCUT2D eigenvalue weighted by atomic mass is 19.1. The Morgan fingerprint density at radius 3 is 2.77 bits per heavy atom. The van der Waals surface area contributed by atoms with Gasteiger partial charge in [-0.1, -0.05) is 12.5 Å². The van der Waals surface area contributed by atoms with E-state index in [4.69, 9.17) is 9.15 Å². The number of nitrogens with zero attached hydrogens (tertiary/aromatic N) is 2. The van der Waals surface area contributed by atoms with Crippen molar-refractivity contribution in [2.45, 2.75) is 57.0 Å². The van der Waals surface area contributed by atoms with Crippen molar-refractivity contribution in [1.82, 2.24) is 15.5 Å². The molecule has 2 bridgehead atoms. The van der Waals surface area contributed by atoms with Crippen LogP contribution >= 0.6 is 0 Å². The zero-order valence-corrected chi connectivity index (χ0v) is 16.7. The fraction of sp³-hybridized carbons (Fsp3) is 0.391. The molecular formula is C23H24FN3O3. The number of benzene rings is 1. The number of furan rings is 1. The first-order valence-corrected chi connectivity index (χ1v) is 10.4. The first-order valence-electron chi connectivity index (χ1n) is 10.4. The zero-order chi connectivity index (χ0) is 20.7. The van der Waals surface area contributed by atoms with Crippen LogP contribution < -0.4 is 10.1 Å². The summed E-state index contributed by atoms with van der Waals surface area (Å²) in [6.07, 6.45) is 2.03. The molecule has 2 fully saturated rings. The Labute approximate surface area is 174 Å². The number of hydrogen-bond donors (Lipinski definition) is 2. The average molecular weight is 409 g/mol. The lowest BCUT2D eigenvalue weighted by atomic mass is 9.84. The molecule has 1 aromatic carbocycles. The van der Waals surface area contributed by atoms with E-state index in [0.29, 0.717) is 35.4 Å². The molecule has 30 heavy (non-hydrogen) atoms. The van der Waals surface area contributed by atoms with Crippen molar-refractivity contribution in [3.8, 4) is 34.2 Å². The van der Waals surface area contributed by atoms with Crippen molar-refractivity contribution in [2.75, 3.05) is 0 Å². The van der Waals surface area contributed by atoms with Gasteiger partial charge in [0.15, 0.2) is 6.17 Å². The van der Waals surface area contributed by atoms with E-state index in [1.54, 1.807) is 24.3 Å². The van der Waals surface area contributed by atoms with Crippen molar-refractivity contribution in [1.29, 1.82) is 0 Å². The Morgan fingerprint density at radius 1 is 1.13 bits per heavy atom. The maximum absolute atomic E-state index is 14.7. The third kappa shape index (κ3) is 3.65. The maximum Gasteiger partial charge on any atom is 0.233 e. The van der Waals surface area contributed by atoms with Gasteiger partial charge in [-0.3, -0.25) is 0 Å². The summed E-state index contributed by atoms with van der Waals surface area (Å²) < 4.78 is 26.1. The van der Waals surface area contributed by atoms with Crippen LogP contribution in [0.2, 0.25) is 0 Å². The molecule has 4 heterocycles. The van der Waals surface area contributed by atoms with Crippen molar-refractivity contribution >= 4 is 0 Å². The minimum absolute atomic E-state index is 0.0829. The summed E-state index contributed by atoms with van der Waals surface area (Å²) in [7, 11) is 0. The third-order valence-corrected chi connectivity index (χ3v) is 5.98. The molecule has 0 radical (unpaired) electrons. The largest absolute Gasteiger partial charge is 0.507 e. The number of aromatic nitrogens is 2. The van der Waals surface area contributed by atoms with E-state index in [-0.39, 0.29) is 11.8 Å². The molecule has 2 aromatic heterocycles. The second-order valence-corrected chi connectivity index (χ2v) is 8.14. The number of aryl methyl sites for hydroxylation is 1. The average Bonchev–Trinajstić information content (AvgIpc) is 3.19. The molecule has 0 amide bonds. The molecule has 7 heteroatoms. The molecule has 5 rings (SSSR count). The molecule has 2 saturated heterocycles. The van der Waals surface area contributed by atoms with Crippen molar-refractivity contribution in [2.24, 2.45) is 0 Å². The molecular weight excluding hydrogens is 385 g/mol. The fourth-order valence-corrected chi connectivity index (χ4v) is 4.45. The van der Waals surface area contributed by atoms with Crippen LogP contribution in [0.1, 0.15) is 31.4 Å². The van der Waals surface area contributed by atoms with Gasteiger partial charge in [0, 0.05) is 35.7 Å². The zero-order valence-electron chi connectivity index (χ0n) is 16.7. The fourth-order valence-electron chi connectivity index (χ4n) is 4.45. The van der Waals surface area contributed by atoms with Crippen LogP contribution in [0.15, 0.2) is 46.9 Å². The smallest absolute Gasteiger partial charge is 0.233 e. The number of nitrogens with one attached hydrogen (secondary N) is 1. The van der Waals surface area contributed by atoms with Gasteiger partial charge in [-0.15, -0.1) is 10.2 Å². The predicted molar refractivity (Wildman–Crippen MR) is 110 cm³/mol. The molecule has 2 N–H and O–H groups in total. The van der Waals surface area contributed by atoms with Crippen LogP contribution in [-0.2, 0) is 0 Å². The number of rotatable bonds is 4. The Balaban J connectivity index is 1.31. The highest BCUT2D eigenvalue weighted by Crippen LogP contribution is 2.34. The van der Waals surface area contributed by atoms with E-state index in [1.807, 2.05) is 25.1 Å². The second kappa shape index (κ2) is 7.72. The predicted octanol–water partition coefficient (Wildman–Crippen LogP) is 4.42.